The summed E-state index contributed by atoms with van der Waals surface area (Å²) in [6.07, 6.45) is 0.685. The van der Waals surface area contributed by atoms with Crippen LogP contribution < -0.4 is 10.1 Å². The van der Waals surface area contributed by atoms with Crippen LogP contribution in [0.3, 0.4) is 0 Å². The van der Waals surface area contributed by atoms with Gasteiger partial charge >= 0.3 is 0 Å². The van der Waals surface area contributed by atoms with E-state index in [9.17, 15) is 4.79 Å². The van der Waals surface area contributed by atoms with Crippen molar-refractivity contribution in [3.8, 4) is 5.75 Å². The van der Waals surface area contributed by atoms with Gasteiger partial charge in [-0.1, -0.05) is 35.9 Å². The third-order valence-electron chi connectivity index (χ3n) is 3.82. The summed E-state index contributed by atoms with van der Waals surface area (Å²) in [5.74, 6) is 0.578. The molecule has 0 fully saturated rings. The van der Waals surface area contributed by atoms with Crippen molar-refractivity contribution in [2.75, 3.05) is 7.11 Å². The number of benzene rings is 2. The third-order valence-corrected chi connectivity index (χ3v) is 4.06. The molecule has 3 rings (SSSR count). The first-order chi connectivity index (χ1) is 10.2. The Labute approximate surface area is 128 Å². The number of Topliss-reactive ketones (excluding diaryl/α,β-unsaturated/α-hetero) is 1. The van der Waals surface area contributed by atoms with Crippen LogP contribution in [0.2, 0.25) is 5.02 Å². The van der Waals surface area contributed by atoms with Crippen LogP contribution in [0.25, 0.3) is 0 Å². The van der Waals surface area contributed by atoms with Gasteiger partial charge in [-0.25, -0.2) is 0 Å². The fourth-order valence-electron chi connectivity index (χ4n) is 2.70. The first-order valence-electron chi connectivity index (χ1n) is 6.87. The number of ether oxygens (including phenoxy) is 1. The molecular weight excluding hydrogens is 286 g/mol. The quantitative estimate of drug-likeness (QED) is 0.885. The summed E-state index contributed by atoms with van der Waals surface area (Å²) in [4.78, 5) is 12.7. The van der Waals surface area contributed by atoms with Crippen molar-refractivity contribution in [1.82, 2.24) is 5.32 Å². The highest BCUT2D eigenvalue weighted by molar-refractivity contribution is 6.31. The summed E-state index contributed by atoms with van der Waals surface area (Å²) in [6, 6.07) is 13.1. The molecule has 1 unspecified atom stereocenters. The number of carbonyl (C=O) groups excluding carboxylic acids is 1. The van der Waals surface area contributed by atoms with E-state index in [2.05, 4.69) is 17.4 Å². The van der Waals surface area contributed by atoms with Crippen LogP contribution in [0, 0.1) is 0 Å². The fraction of sp³-hybridized carbons (Fsp3) is 0.235. The largest absolute Gasteiger partial charge is 0.496 e. The molecule has 0 aromatic heterocycles. The van der Waals surface area contributed by atoms with Gasteiger partial charge in [0.15, 0.2) is 5.78 Å². The van der Waals surface area contributed by atoms with Gasteiger partial charge in [0, 0.05) is 11.6 Å². The van der Waals surface area contributed by atoms with Crippen LogP contribution in [0.5, 0.6) is 5.75 Å². The average molecular weight is 302 g/mol. The van der Waals surface area contributed by atoms with Crippen molar-refractivity contribution in [3.05, 3.63) is 64.2 Å². The number of nitrogens with one attached hydrogen (secondary N) is 1. The predicted octanol–water partition coefficient (Wildman–Crippen LogP) is 3.25. The maximum Gasteiger partial charge on any atom is 0.183 e. The molecule has 0 spiro atoms. The van der Waals surface area contributed by atoms with E-state index in [4.69, 9.17) is 16.3 Å². The number of methoxy groups -OCH3 is 1. The number of hydrogen-bond donors (Lipinski definition) is 1. The van der Waals surface area contributed by atoms with E-state index in [1.54, 1.807) is 25.3 Å². The monoisotopic (exact) mass is 301 g/mol. The second-order valence-electron chi connectivity index (χ2n) is 5.12. The molecule has 0 saturated carbocycles. The van der Waals surface area contributed by atoms with E-state index < -0.39 is 0 Å². The number of carbonyl (C=O) groups is 1. The Kier molecular flexibility index (Phi) is 3.95. The molecule has 0 amide bonds. The Morgan fingerprint density at radius 2 is 2.00 bits per heavy atom. The lowest BCUT2D eigenvalue weighted by molar-refractivity contribution is 0.0935. The maximum atomic E-state index is 12.7. The molecular formula is C17H16ClNO2. The first-order valence-corrected chi connectivity index (χ1v) is 7.25. The third kappa shape index (κ3) is 2.80. The van der Waals surface area contributed by atoms with Crippen molar-refractivity contribution < 1.29 is 9.53 Å². The van der Waals surface area contributed by atoms with Gasteiger partial charge in [-0.15, -0.1) is 0 Å². The Morgan fingerprint density at radius 3 is 2.76 bits per heavy atom. The fourth-order valence-corrected chi connectivity index (χ4v) is 2.87. The molecule has 3 nitrogen and oxygen atoms in total. The van der Waals surface area contributed by atoms with Crippen LogP contribution in [-0.4, -0.2) is 18.9 Å². The topological polar surface area (TPSA) is 38.3 Å². The van der Waals surface area contributed by atoms with Crippen molar-refractivity contribution in [3.63, 3.8) is 0 Å². The van der Waals surface area contributed by atoms with Gasteiger partial charge in [0.1, 0.15) is 5.75 Å². The van der Waals surface area contributed by atoms with Crippen molar-refractivity contribution in [1.29, 1.82) is 0 Å². The zero-order valence-electron chi connectivity index (χ0n) is 11.7. The number of rotatable bonds is 3. The van der Waals surface area contributed by atoms with Gasteiger partial charge in [-0.05, 0) is 35.7 Å². The summed E-state index contributed by atoms with van der Waals surface area (Å²) < 4.78 is 5.27. The van der Waals surface area contributed by atoms with Gasteiger partial charge < -0.3 is 10.1 Å². The molecule has 0 saturated heterocycles. The highest BCUT2D eigenvalue weighted by Gasteiger charge is 2.26. The zero-order chi connectivity index (χ0) is 14.8. The lowest BCUT2D eigenvalue weighted by Crippen LogP contribution is -2.41. The minimum atomic E-state index is -0.243. The summed E-state index contributed by atoms with van der Waals surface area (Å²) in [7, 11) is 1.56. The van der Waals surface area contributed by atoms with Gasteiger partial charge in [-0.3, -0.25) is 4.79 Å². The standard InChI is InChI=1S/C17H16ClNO2/c1-21-16-7-6-13(18)9-14(16)17(20)15-8-11-4-2-3-5-12(11)10-19-15/h2-7,9,15,19H,8,10H2,1H3. The molecule has 0 aliphatic carbocycles. The van der Waals surface area contributed by atoms with E-state index in [1.165, 1.54) is 11.1 Å². The highest BCUT2D eigenvalue weighted by Crippen LogP contribution is 2.26. The van der Waals surface area contributed by atoms with Gasteiger partial charge in [0.2, 0.25) is 0 Å². The predicted molar refractivity (Wildman–Crippen MR) is 83.1 cm³/mol. The summed E-state index contributed by atoms with van der Waals surface area (Å²) in [5, 5.41) is 3.83. The Bertz CT molecular complexity index is 684. The molecule has 21 heavy (non-hydrogen) atoms. The average Bonchev–Trinajstić information content (AvgIpc) is 2.53. The van der Waals surface area contributed by atoms with Crippen LogP contribution in [0.1, 0.15) is 21.5 Å². The van der Waals surface area contributed by atoms with Crippen LogP contribution >= 0.6 is 11.6 Å². The molecule has 1 aliphatic heterocycles. The number of halogens is 1. The Morgan fingerprint density at radius 1 is 1.24 bits per heavy atom. The van der Waals surface area contributed by atoms with Crippen molar-refractivity contribution in [2.45, 2.75) is 19.0 Å². The van der Waals surface area contributed by atoms with E-state index in [-0.39, 0.29) is 11.8 Å². The smallest absolute Gasteiger partial charge is 0.183 e. The highest BCUT2D eigenvalue weighted by atomic mass is 35.5. The molecule has 1 aliphatic rings. The summed E-state index contributed by atoms with van der Waals surface area (Å²) >= 11 is 6.01. The molecule has 0 radical (unpaired) electrons. The van der Waals surface area contributed by atoms with Gasteiger partial charge in [0.05, 0.1) is 18.7 Å². The Balaban J connectivity index is 1.89. The minimum Gasteiger partial charge on any atom is -0.496 e. The number of fused-ring (bicyclic) bond motifs is 1. The van der Waals surface area contributed by atoms with Crippen LogP contribution in [0.4, 0.5) is 0 Å². The molecule has 0 bridgehead atoms. The van der Waals surface area contributed by atoms with Crippen molar-refractivity contribution in [2.24, 2.45) is 0 Å². The number of hydrogen-bond acceptors (Lipinski definition) is 3. The van der Waals surface area contributed by atoms with E-state index in [1.807, 2.05) is 12.1 Å². The molecule has 1 atom stereocenters. The van der Waals surface area contributed by atoms with E-state index in [0.717, 1.165) is 0 Å². The molecule has 2 aromatic rings. The molecule has 1 heterocycles. The van der Waals surface area contributed by atoms with Crippen LogP contribution in [0.15, 0.2) is 42.5 Å². The lowest BCUT2D eigenvalue weighted by Gasteiger charge is -2.25. The summed E-state index contributed by atoms with van der Waals surface area (Å²) in [6.45, 7) is 0.704. The normalized spacial score (nSPS) is 17.1. The lowest BCUT2D eigenvalue weighted by atomic mass is 9.91. The second-order valence-corrected chi connectivity index (χ2v) is 5.55. The molecule has 1 N–H and O–H groups in total. The molecule has 4 heteroatoms. The first kappa shape index (κ1) is 14.1. The Hall–Kier alpha value is -1.84. The van der Waals surface area contributed by atoms with Crippen LogP contribution in [-0.2, 0) is 13.0 Å². The SMILES string of the molecule is COc1ccc(Cl)cc1C(=O)C1Cc2ccccc2CN1. The zero-order valence-corrected chi connectivity index (χ0v) is 12.5. The summed E-state index contributed by atoms with van der Waals surface area (Å²) in [5.41, 5.74) is 3.00. The molecule has 2 aromatic carbocycles. The number of ketones is 1. The van der Waals surface area contributed by atoms with Gasteiger partial charge in [0.25, 0.3) is 0 Å². The van der Waals surface area contributed by atoms with Crippen molar-refractivity contribution >= 4 is 17.4 Å². The minimum absolute atomic E-state index is 0.0175. The van der Waals surface area contributed by atoms with E-state index in [0.29, 0.717) is 29.3 Å². The molecule has 108 valence electrons. The van der Waals surface area contributed by atoms with E-state index >= 15 is 0 Å². The van der Waals surface area contributed by atoms with Gasteiger partial charge in [-0.2, -0.15) is 0 Å². The second kappa shape index (κ2) is 5.88. The maximum absolute atomic E-state index is 12.7.